The van der Waals surface area contributed by atoms with Crippen LogP contribution in [-0.2, 0) is 0 Å². The van der Waals surface area contributed by atoms with Gasteiger partial charge >= 0.3 is 5.97 Å². The number of unbranched alkanes of at least 4 members (excludes halogenated alkanes) is 5. The van der Waals surface area contributed by atoms with E-state index in [0.717, 1.165) is 36.7 Å². The molecule has 7 nitrogen and oxygen atoms in total. The molecule has 0 amide bonds. The molecule has 0 atom stereocenters. The lowest BCUT2D eigenvalue weighted by molar-refractivity contribution is -0.385. The standard InChI is InChI=1S/C16H22BrNO6/c1-23-14-10-12(16(19)20)13(18(21)22)11-15(14)24-9-7-5-3-2-4-6-8-17/h10-11H,2-9H2,1H3,(H,19,20). The first-order chi connectivity index (χ1) is 11.5. The number of carboxylic acids is 1. The van der Waals surface area contributed by atoms with Gasteiger partial charge in [-0.3, -0.25) is 10.1 Å². The molecule has 0 unspecified atom stereocenters. The number of benzene rings is 1. The Morgan fingerprint density at radius 2 is 1.79 bits per heavy atom. The summed E-state index contributed by atoms with van der Waals surface area (Å²) in [7, 11) is 1.36. The molecule has 0 bridgehead atoms. The molecule has 1 N–H and O–H groups in total. The number of methoxy groups -OCH3 is 1. The molecule has 0 saturated carbocycles. The molecule has 0 aliphatic heterocycles. The lowest BCUT2D eigenvalue weighted by Gasteiger charge is -2.11. The van der Waals surface area contributed by atoms with Crippen LogP contribution >= 0.6 is 15.9 Å². The van der Waals surface area contributed by atoms with Gasteiger partial charge in [-0.2, -0.15) is 0 Å². The van der Waals surface area contributed by atoms with Gasteiger partial charge < -0.3 is 14.6 Å². The molecule has 0 aliphatic rings. The monoisotopic (exact) mass is 403 g/mol. The SMILES string of the molecule is COc1cc(C(=O)O)c([N+](=O)[O-])cc1OCCCCCCCCBr. The second kappa shape index (κ2) is 10.9. The number of rotatable bonds is 12. The molecule has 134 valence electrons. The molecule has 0 spiro atoms. The maximum absolute atomic E-state index is 11.1. The van der Waals surface area contributed by atoms with Gasteiger partial charge in [-0.1, -0.05) is 41.6 Å². The second-order valence-electron chi connectivity index (χ2n) is 5.24. The van der Waals surface area contributed by atoms with E-state index in [-0.39, 0.29) is 11.5 Å². The van der Waals surface area contributed by atoms with Gasteiger partial charge in [-0.15, -0.1) is 0 Å². The Labute approximate surface area is 149 Å². The zero-order chi connectivity index (χ0) is 17.9. The first kappa shape index (κ1) is 20.2. The number of carbonyl (C=O) groups is 1. The van der Waals surface area contributed by atoms with Crippen LogP contribution in [0.15, 0.2) is 12.1 Å². The number of hydrogen-bond donors (Lipinski definition) is 1. The van der Waals surface area contributed by atoms with E-state index < -0.39 is 22.1 Å². The minimum atomic E-state index is -1.38. The third kappa shape index (κ3) is 6.35. The number of halogens is 1. The average molecular weight is 404 g/mol. The fourth-order valence-electron chi connectivity index (χ4n) is 2.23. The van der Waals surface area contributed by atoms with Gasteiger partial charge in [0.2, 0.25) is 0 Å². The smallest absolute Gasteiger partial charge is 0.342 e. The molecule has 8 heteroatoms. The highest BCUT2D eigenvalue weighted by atomic mass is 79.9. The molecule has 1 rings (SSSR count). The van der Waals surface area contributed by atoms with Crippen LogP contribution < -0.4 is 9.47 Å². The quantitative estimate of drug-likeness (QED) is 0.240. The van der Waals surface area contributed by atoms with Gasteiger partial charge in [-0.05, 0) is 12.8 Å². The minimum absolute atomic E-state index is 0.176. The van der Waals surface area contributed by atoms with Crippen LogP contribution in [0.25, 0.3) is 0 Å². The third-order valence-electron chi connectivity index (χ3n) is 3.49. The number of nitro groups is 1. The molecule has 0 radical (unpaired) electrons. The van der Waals surface area contributed by atoms with E-state index in [1.807, 2.05) is 0 Å². The van der Waals surface area contributed by atoms with Crippen molar-refractivity contribution in [3.63, 3.8) is 0 Å². The van der Waals surface area contributed by atoms with Gasteiger partial charge in [0.1, 0.15) is 5.56 Å². The van der Waals surface area contributed by atoms with Crippen molar-refractivity contribution in [1.82, 2.24) is 0 Å². The van der Waals surface area contributed by atoms with Gasteiger partial charge in [0.25, 0.3) is 5.69 Å². The molecule has 0 aromatic heterocycles. The third-order valence-corrected chi connectivity index (χ3v) is 4.06. The van der Waals surface area contributed by atoms with E-state index in [1.54, 1.807) is 0 Å². The van der Waals surface area contributed by atoms with Crippen LogP contribution in [0.5, 0.6) is 11.5 Å². The summed E-state index contributed by atoms with van der Waals surface area (Å²) < 4.78 is 10.6. The molecule has 0 saturated heterocycles. The predicted octanol–water partition coefficient (Wildman–Crippen LogP) is 4.42. The van der Waals surface area contributed by atoms with Gasteiger partial charge in [0.15, 0.2) is 11.5 Å². The lowest BCUT2D eigenvalue weighted by atomic mass is 10.1. The first-order valence-corrected chi connectivity index (χ1v) is 8.92. The number of ether oxygens (including phenoxy) is 2. The van der Waals surface area contributed by atoms with Crippen molar-refractivity contribution < 1.29 is 24.3 Å². The van der Waals surface area contributed by atoms with Crippen molar-refractivity contribution in [2.45, 2.75) is 38.5 Å². The molecule has 1 aromatic rings. The van der Waals surface area contributed by atoms with E-state index in [9.17, 15) is 14.9 Å². The minimum Gasteiger partial charge on any atom is -0.493 e. The molecule has 0 aliphatic carbocycles. The van der Waals surface area contributed by atoms with E-state index >= 15 is 0 Å². The van der Waals surface area contributed by atoms with Crippen LogP contribution in [0.3, 0.4) is 0 Å². The average Bonchev–Trinajstić information content (AvgIpc) is 2.56. The van der Waals surface area contributed by atoms with Gasteiger partial charge in [-0.25, -0.2) is 4.79 Å². The number of nitro benzene ring substituents is 1. The highest BCUT2D eigenvalue weighted by Crippen LogP contribution is 2.34. The molecule has 1 aromatic carbocycles. The van der Waals surface area contributed by atoms with Crippen LogP contribution in [0.2, 0.25) is 0 Å². The topological polar surface area (TPSA) is 98.9 Å². The number of aromatic carboxylic acids is 1. The fraction of sp³-hybridized carbons (Fsp3) is 0.562. The first-order valence-electron chi connectivity index (χ1n) is 7.79. The molecular weight excluding hydrogens is 382 g/mol. The Morgan fingerprint density at radius 1 is 1.17 bits per heavy atom. The number of carboxylic acid groups (broad SMARTS) is 1. The van der Waals surface area contributed by atoms with Gasteiger partial charge in [0.05, 0.1) is 24.7 Å². The Balaban J connectivity index is 2.62. The molecule has 0 heterocycles. The predicted molar refractivity (Wildman–Crippen MR) is 93.6 cm³/mol. The molecule has 24 heavy (non-hydrogen) atoms. The van der Waals surface area contributed by atoms with Crippen molar-refractivity contribution in [2.24, 2.45) is 0 Å². The van der Waals surface area contributed by atoms with Gasteiger partial charge in [0, 0.05) is 11.4 Å². The van der Waals surface area contributed by atoms with E-state index in [4.69, 9.17) is 14.6 Å². The van der Waals surface area contributed by atoms with E-state index in [0.29, 0.717) is 6.61 Å². The van der Waals surface area contributed by atoms with Crippen LogP contribution in [0, 0.1) is 10.1 Å². The zero-order valence-corrected chi connectivity index (χ0v) is 15.2. The van der Waals surface area contributed by atoms with E-state index in [1.165, 1.54) is 26.4 Å². The summed E-state index contributed by atoms with van der Waals surface area (Å²) in [5.74, 6) is -1.01. The highest BCUT2D eigenvalue weighted by Gasteiger charge is 2.24. The fourth-order valence-corrected chi connectivity index (χ4v) is 2.63. The number of alkyl halides is 1. The lowest BCUT2D eigenvalue weighted by Crippen LogP contribution is -2.06. The number of nitrogens with zero attached hydrogens (tertiary/aromatic N) is 1. The summed E-state index contributed by atoms with van der Waals surface area (Å²) in [6.07, 6.45) is 6.50. The Morgan fingerprint density at radius 3 is 2.33 bits per heavy atom. The van der Waals surface area contributed by atoms with Crippen LogP contribution in [0.1, 0.15) is 48.9 Å². The van der Waals surface area contributed by atoms with Crippen molar-refractivity contribution in [3.8, 4) is 11.5 Å². The summed E-state index contributed by atoms with van der Waals surface area (Å²) in [6.45, 7) is 0.401. The normalized spacial score (nSPS) is 10.4. The summed E-state index contributed by atoms with van der Waals surface area (Å²) >= 11 is 3.40. The molecule has 0 fully saturated rings. The van der Waals surface area contributed by atoms with Crippen LogP contribution in [0.4, 0.5) is 5.69 Å². The Kier molecular flexibility index (Phi) is 9.14. The number of hydrogen-bond acceptors (Lipinski definition) is 5. The highest BCUT2D eigenvalue weighted by molar-refractivity contribution is 9.09. The zero-order valence-electron chi connectivity index (χ0n) is 13.6. The molecular formula is C16H22BrNO6. The second-order valence-corrected chi connectivity index (χ2v) is 6.03. The van der Waals surface area contributed by atoms with Crippen molar-refractivity contribution in [3.05, 3.63) is 27.8 Å². The Bertz CT molecular complexity index is 564. The maximum atomic E-state index is 11.1. The van der Waals surface area contributed by atoms with Crippen molar-refractivity contribution in [1.29, 1.82) is 0 Å². The van der Waals surface area contributed by atoms with Crippen molar-refractivity contribution in [2.75, 3.05) is 19.0 Å². The van der Waals surface area contributed by atoms with Crippen molar-refractivity contribution >= 4 is 27.6 Å². The summed E-state index contributed by atoms with van der Waals surface area (Å²) in [5.41, 5.74) is -0.927. The Hall–Kier alpha value is -1.83. The van der Waals surface area contributed by atoms with Crippen LogP contribution in [-0.4, -0.2) is 35.0 Å². The summed E-state index contributed by atoms with van der Waals surface area (Å²) in [4.78, 5) is 21.4. The largest absolute Gasteiger partial charge is 0.493 e. The maximum Gasteiger partial charge on any atom is 0.342 e. The van der Waals surface area contributed by atoms with E-state index in [2.05, 4.69) is 15.9 Å². The summed E-state index contributed by atoms with van der Waals surface area (Å²) in [5, 5.41) is 21.1. The summed E-state index contributed by atoms with van der Waals surface area (Å²) in [6, 6.07) is 2.23.